The molecule has 3 aromatic rings. The number of rotatable bonds is 6. The predicted octanol–water partition coefficient (Wildman–Crippen LogP) is 3.66. The van der Waals surface area contributed by atoms with Crippen LogP contribution in [0.4, 0.5) is 0 Å². The van der Waals surface area contributed by atoms with Gasteiger partial charge in [-0.3, -0.25) is 9.78 Å². The highest BCUT2D eigenvalue weighted by Crippen LogP contribution is 2.18. The number of hydrogen-bond donors (Lipinski definition) is 0. The summed E-state index contributed by atoms with van der Waals surface area (Å²) in [6.07, 6.45) is 1.64. The van der Waals surface area contributed by atoms with E-state index in [2.05, 4.69) is 10.1 Å². The van der Waals surface area contributed by atoms with Crippen molar-refractivity contribution in [1.82, 2.24) is 14.8 Å². The molecule has 0 fully saturated rings. The SMILES string of the molecule is CCOC(=O)c1cc(-c2ccccn2)nn1CC(=O)c1ccc(Cl)cc1. The van der Waals surface area contributed by atoms with Crippen LogP contribution in [0, 0.1) is 0 Å². The molecule has 0 saturated carbocycles. The molecular formula is C19H16ClN3O3. The highest BCUT2D eigenvalue weighted by Gasteiger charge is 2.20. The zero-order valence-corrected chi connectivity index (χ0v) is 14.8. The largest absolute Gasteiger partial charge is 0.461 e. The van der Waals surface area contributed by atoms with E-state index in [9.17, 15) is 9.59 Å². The summed E-state index contributed by atoms with van der Waals surface area (Å²) in [5, 5.41) is 4.92. The Morgan fingerprint density at radius 3 is 2.54 bits per heavy atom. The minimum absolute atomic E-state index is 0.0946. The summed E-state index contributed by atoms with van der Waals surface area (Å²) in [6.45, 7) is 1.85. The third-order valence-electron chi connectivity index (χ3n) is 3.65. The van der Waals surface area contributed by atoms with Crippen LogP contribution in [0.1, 0.15) is 27.8 Å². The quantitative estimate of drug-likeness (QED) is 0.489. The van der Waals surface area contributed by atoms with Gasteiger partial charge in [-0.25, -0.2) is 9.48 Å². The summed E-state index contributed by atoms with van der Waals surface area (Å²) in [4.78, 5) is 29.0. The van der Waals surface area contributed by atoms with Crippen molar-refractivity contribution in [2.24, 2.45) is 0 Å². The van der Waals surface area contributed by atoms with Crippen molar-refractivity contribution in [2.75, 3.05) is 6.61 Å². The van der Waals surface area contributed by atoms with Gasteiger partial charge in [0.1, 0.15) is 17.9 Å². The van der Waals surface area contributed by atoms with Crippen molar-refractivity contribution < 1.29 is 14.3 Å². The molecule has 0 unspecified atom stereocenters. The number of Topliss-reactive ketones (excluding diaryl/α,β-unsaturated/α-hetero) is 1. The molecular weight excluding hydrogens is 354 g/mol. The van der Waals surface area contributed by atoms with E-state index in [1.165, 1.54) is 4.68 Å². The van der Waals surface area contributed by atoms with Crippen LogP contribution < -0.4 is 0 Å². The molecule has 0 saturated heterocycles. The van der Waals surface area contributed by atoms with Gasteiger partial charge in [0.25, 0.3) is 0 Å². The van der Waals surface area contributed by atoms with Crippen LogP contribution >= 0.6 is 11.6 Å². The Hall–Kier alpha value is -2.99. The Balaban J connectivity index is 1.93. The number of carbonyl (C=O) groups is 2. The van der Waals surface area contributed by atoms with Gasteiger partial charge in [0.05, 0.1) is 12.3 Å². The maximum absolute atomic E-state index is 12.5. The van der Waals surface area contributed by atoms with Gasteiger partial charge in [-0.15, -0.1) is 0 Å². The van der Waals surface area contributed by atoms with Crippen LogP contribution in [-0.4, -0.2) is 33.1 Å². The number of ether oxygens (including phenoxy) is 1. The van der Waals surface area contributed by atoms with Crippen LogP contribution in [0.5, 0.6) is 0 Å². The number of esters is 1. The molecule has 0 aliphatic rings. The molecule has 0 amide bonds. The van der Waals surface area contributed by atoms with Crippen molar-refractivity contribution in [3.63, 3.8) is 0 Å². The lowest BCUT2D eigenvalue weighted by Crippen LogP contribution is -2.18. The molecule has 0 atom stereocenters. The molecule has 0 spiro atoms. The third kappa shape index (κ3) is 3.97. The lowest BCUT2D eigenvalue weighted by Gasteiger charge is -2.06. The van der Waals surface area contributed by atoms with Gasteiger partial charge in [-0.1, -0.05) is 17.7 Å². The Bertz CT molecular complexity index is 921. The summed E-state index contributed by atoms with van der Waals surface area (Å²) >= 11 is 5.85. The second-order valence-corrected chi connectivity index (χ2v) is 5.87. The number of aromatic nitrogens is 3. The first-order chi connectivity index (χ1) is 12.6. The molecule has 26 heavy (non-hydrogen) atoms. The van der Waals surface area contributed by atoms with E-state index in [-0.39, 0.29) is 24.6 Å². The average molecular weight is 370 g/mol. The fraction of sp³-hybridized carbons (Fsp3) is 0.158. The van der Waals surface area contributed by atoms with Gasteiger partial charge in [0.2, 0.25) is 0 Å². The summed E-state index contributed by atoms with van der Waals surface area (Å²) in [5.41, 5.74) is 1.79. The molecule has 2 heterocycles. The first-order valence-corrected chi connectivity index (χ1v) is 8.41. The van der Waals surface area contributed by atoms with Gasteiger partial charge in [0, 0.05) is 22.8 Å². The van der Waals surface area contributed by atoms with Gasteiger partial charge in [0.15, 0.2) is 5.78 Å². The summed E-state index contributed by atoms with van der Waals surface area (Å²) in [6, 6.07) is 13.5. The summed E-state index contributed by atoms with van der Waals surface area (Å²) in [7, 11) is 0. The Morgan fingerprint density at radius 1 is 1.12 bits per heavy atom. The van der Waals surface area contributed by atoms with E-state index in [1.807, 2.05) is 6.07 Å². The molecule has 6 nitrogen and oxygen atoms in total. The normalized spacial score (nSPS) is 10.5. The molecule has 0 aliphatic carbocycles. The lowest BCUT2D eigenvalue weighted by atomic mass is 10.1. The monoisotopic (exact) mass is 369 g/mol. The van der Waals surface area contributed by atoms with Crippen LogP contribution in [-0.2, 0) is 11.3 Å². The van der Waals surface area contributed by atoms with Gasteiger partial charge in [-0.05, 0) is 43.3 Å². The van der Waals surface area contributed by atoms with Crippen molar-refractivity contribution >= 4 is 23.4 Å². The van der Waals surface area contributed by atoms with Crippen LogP contribution in [0.15, 0.2) is 54.7 Å². The number of ketones is 1. The average Bonchev–Trinajstić information content (AvgIpc) is 3.07. The molecule has 0 aliphatic heterocycles. The molecule has 3 rings (SSSR count). The Labute approximate surface area is 155 Å². The van der Waals surface area contributed by atoms with E-state index in [0.717, 1.165) is 0 Å². The zero-order chi connectivity index (χ0) is 18.5. The van der Waals surface area contributed by atoms with Crippen LogP contribution in [0.2, 0.25) is 5.02 Å². The molecule has 1 aromatic carbocycles. The number of pyridine rings is 1. The molecule has 2 aromatic heterocycles. The smallest absolute Gasteiger partial charge is 0.356 e. The Morgan fingerprint density at radius 2 is 1.88 bits per heavy atom. The lowest BCUT2D eigenvalue weighted by molar-refractivity contribution is 0.0512. The highest BCUT2D eigenvalue weighted by atomic mass is 35.5. The van der Waals surface area contributed by atoms with Gasteiger partial charge in [-0.2, -0.15) is 5.10 Å². The number of halogens is 1. The van der Waals surface area contributed by atoms with Crippen molar-refractivity contribution in [3.05, 3.63) is 71.0 Å². The zero-order valence-electron chi connectivity index (χ0n) is 14.1. The first kappa shape index (κ1) is 17.8. The maximum Gasteiger partial charge on any atom is 0.356 e. The van der Waals surface area contributed by atoms with E-state index < -0.39 is 5.97 Å². The number of hydrogen-bond acceptors (Lipinski definition) is 5. The maximum atomic E-state index is 12.5. The van der Waals surface area contributed by atoms with Crippen molar-refractivity contribution in [3.8, 4) is 11.4 Å². The molecule has 0 radical (unpaired) electrons. The van der Waals surface area contributed by atoms with E-state index in [1.54, 1.807) is 55.6 Å². The minimum atomic E-state index is -0.536. The molecule has 0 N–H and O–H groups in total. The first-order valence-electron chi connectivity index (χ1n) is 8.03. The number of benzene rings is 1. The summed E-state index contributed by atoms with van der Waals surface area (Å²) in [5.74, 6) is -0.728. The molecule has 0 bridgehead atoms. The van der Waals surface area contributed by atoms with E-state index >= 15 is 0 Å². The standard InChI is InChI=1S/C19H16ClN3O3/c1-2-26-19(25)17-11-16(15-5-3-4-10-21-15)22-23(17)12-18(24)13-6-8-14(20)9-7-13/h3-11H,2,12H2,1H3. The number of nitrogens with zero attached hydrogens (tertiary/aromatic N) is 3. The third-order valence-corrected chi connectivity index (χ3v) is 3.90. The minimum Gasteiger partial charge on any atom is -0.461 e. The van der Waals surface area contributed by atoms with Gasteiger partial charge < -0.3 is 4.74 Å². The van der Waals surface area contributed by atoms with Gasteiger partial charge >= 0.3 is 5.97 Å². The molecule has 7 heteroatoms. The fourth-order valence-corrected chi connectivity index (χ4v) is 2.54. The van der Waals surface area contributed by atoms with E-state index in [0.29, 0.717) is 22.0 Å². The fourth-order valence-electron chi connectivity index (χ4n) is 2.41. The van der Waals surface area contributed by atoms with Crippen molar-refractivity contribution in [1.29, 1.82) is 0 Å². The highest BCUT2D eigenvalue weighted by molar-refractivity contribution is 6.30. The second kappa shape index (κ2) is 7.93. The number of carbonyl (C=O) groups excluding carboxylic acids is 2. The van der Waals surface area contributed by atoms with Crippen molar-refractivity contribution in [2.45, 2.75) is 13.5 Å². The van der Waals surface area contributed by atoms with Crippen LogP contribution in [0.3, 0.4) is 0 Å². The van der Waals surface area contributed by atoms with Crippen LogP contribution in [0.25, 0.3) is 11.4 Å². The summed E-state index contributed by atoms with van der Waals surface area (Å²) < 4.78 is 6.42. The second-order valence-electron chi connectivity index (χ2n) is 5.44. The Kier molecular flexibility index (Phi) is 5.43. The molecule has 132 valence electrons. The van der Waals surface area contributed by atoms with E-state index in [4.69, 9.17) is 16.3 Å². The predicted molar refractivity (Wildman–Crippen MR) is 97.2 cm³/mol. The topological polar surface area (TPSA) is 74.1 Å².